The van der Waals surface area contributed by atoms with E-state index in [1.165, 1.54) is 17.0 Å². The van der Waals surface area contributed by atoms with Gasteiger partial charge in [0, 0.05) is 18.0 Å². The fourth-order valence-electron chi connectivity index (χ4n) is 1.46. The minimum atomic E-state index is -0.0922. The van der Waals surface area contributed by atoms with Crippen LogP contribution in [0.15, 0.2) is 35.5 Å². The molecule has 2 aromatic rings. The normalized spacial score (nSPS) is 10.2. The lowest BCUT2D eigenvalue weighted by Gasteiger charge is -2.06. The van der Waals surface area contributed by atoms with Gasteiger partial charge in [-0.2, -0.15) is 0 Å². The summed E-state index contributed by atoms with van der Waals surface area (Å²) in [5.41, 5.74) is 4.64. The second-order valence-electron chi connectivity index (χ2n) is 3.68. The Labute approximate surface area is 98.1 Å². The number of pyridine rings is 1. The fourth-order valence-corrected chi connectivity index (χ4v) is 1.46. The zero-order valence-corrected chi connectivity index (χ0v) is 9.42. The predicted octanol–water partition coefficient (Wildman–Crippen LogP) is 0.281. The average molecular weight is 231 g/mol. The summed E-state index contributed by atoms with van der Waals surface area (Å²) >= 11 is 0. The van der Waals surface area contributed by atoms with Gasteiger partial charge < -0.3 is 5.43 Å². The summed E-state index contributed by atoms with van der Waals surface area (Å²) in [5, 5.41) is 0. The monoisotopic (exact) mass is 231 g/mol. The van der Waals surface area contributed by atoms with Crippen LogP contribution in [0.5, 0.6) is 0 Å². The SMILES string of the molecule is Cc1cc(=O)n(Cc2cc(NN)ccn2)cn1. The molecule has 0 spiro atoms. The van der Waals surface area contributed by atoms with Crippen molar-refractivity contribution in [2.24, 2.45) is 5.84 Å². The zero-order chi connectivity index (χ0) is 12.3. The summed E-state index contributed by atoms with van der Waals surface area (Å²) in [6.07, 6.45) is 3.15. The number of nitrogen functional groups attached to an aromatic ring is 1. The molecule has 0 aliphatic heterocycles. The quantitative estimate of drug-likeness (QED) is 0.585. The van der Waals surface area contributed by atoms with E-state index in [9.17, 15) is 4.79 Å². The number of rotatable bonds is 3. The minimum Gasteiger partial charge on any atom is -0.324 e. The summed E-state index contributed by atoms with van der Waals surface area (Å²) < 4.78 is 1.50. The van der Waals surface area contributed by atoms with Crippen molar-refractivity contribution in [1.29, 1.82) is 0 Å². The number of anilines is 1. The topological polar surface area (TPSA) is 85.8 Å². The highest BCUT2D eigenvalue weighted by molar-refractivity contribution is 5.41. The Balaban J connectivity index is 2.28. The maximum absolute atomic E-state index is 11.7. The van der Waals surface area contributed by atoms with Crippen LogP contribution < -0.4 is 16.8 Å². The van der Waals surface area contributed by atoms with Crippen LogP contribution in [0.2, 0.25) is 0 Å². The number of aryl methyl sites for hydroxylation is 1. The Kier molecular flexibility index (Phi) is 3.15. The first-order valence-electron chi connectivity index (χ1n) is 5.13. The Morgan fingerprint density at radius 3 is 2.94 bits per heavy atom. The molecule has 0 amide bonds. The maximum atomic E-state index is 11.7. The molecule has 0 aliphatic rings. The van der Waals surface area contributed by atoms with E-state index in [1.807, 2.05) is 0 Å². The van der Waals surface area contributed by atoms with Gasteiger partial charge in [-0.15, -0.1) is 0 Å². The molecular weight excluding hydrogens is 218 g/mol. The highest BCUT2D eigenvalue weighted by Gasteiger charge is 2.01. The molecule has 0 unspecified atom stereocenters. The van der Waals surface area contributed by atoms with Crippen LogP contribution in [0.3, 0.4) is 0 Å². The Morgan fingerprint density at radius 2 is 2.24 bits per heavy atom. The van der Waals surface area contributed by atoms with Gasteiger partial charge in [0.25, 0.3) is 5.56 Å². The van der Waals surface area contributed by atoms with Gasteiger partial charge in [0.2, 0.25) is 0 Å². The standard InChI is InChI=1S/C11H13N5O/c1-8-4-11(17)16(7-14-8)6-10-5-9(15-12)2-3-13-10/h2-5,7H,6,12H2,1H3,(H,13,15). The molecule has 0 aromatic carbocycles. The van der Waals surface area contributed by atoms with Gasteiger partial charge in [-0.1, -0.05) is 0 Å². The molecule has 2 rings (SSSR count). The number of nitrogens with zero attached hydrogens (tertiary/aromatic N) is 3. The van der Waals surface area contributed by atoms with Crippen LogP contribution in [0.25, 0.3) is 0 Å². The molecule has 0 aliphatic carbocycles. The van der Waals surface area contributed by atoms with Crippen molar-refractivity contribution in [3.8, 4) is 0 Å². The lowest BCUT2D eigenvalue weighted by Crippen LogP contribution is -2.21. The third-order valence-electron chi connectivity index (χ3n) is 2.33. The Hall–Kier alpha value is -2.21. The van der Waals surface area contributed by atoms with E-state index in [0.717, 1.165) is 11.4 Å². The van der Waals surface area contributed by atoms with E-state index >= 15 is 0 Å². The van der Waals surface area contributed by atoms with Gasteiger partial charge >= 0.3 is 0 Å². The number of nitrogens with two attached hydrogens (primary N) is 1. The second kappa shape index (κ2) is 4.75. The largest absolute Gasteiger partial charge is 0.324 e. The zero-order valence-electron chi connectivity index (χ0n) is 9.42. The van der Waals surface area contributed by atoms with Crippen molar-refractivity contribution in [2.45, 2.75) is 13.5 Å². The molecule has 3 N–H and O–H groups in total. The van der Waals surface area contributed by atoms with E-state index in [1.54, 1.807) is 25.3 Å². The smallest absolute Gasteiger partial charge is 0.253 e. The van der Waals surface area contributed by atoms with E-state index in [0.29, 0.717) is 12.2 Å². The third-order valence-corrected chi connectivity index (χ3v) is 2.33. The number of nitrogens with one attached hydrogen (secondary N) is 1. The molecule has 0 saturated carbocycles. The Bertz CT molecular complexity index is 578. The van der Waals surface area contributed by atoms with Crippen molar-refractivity contribution < 1.29 is 0 Å². The second-order valence-corrected chi connectivity index (χ2v) is 3.68. The first-order chi connectivity index (χ1) is 8.19. The molecule has 0 atom stereocenters. The summed E-state index contributed by atoms with van der Waals surface area (Å²) in [4.78, 5) is 19.9. The molecule has 0 radical (unpaired) electrons. The van der Waals surface area contributed by atoms with Crippen molar-refractivity contribution in [1.82, 2.24) is 14.5 Å². The summed E-state index contributed by atoms with van der Waals surface area (Å²) in [6, 6.07) is 5.02. The first kappa shape index (κ1) is 11.3. The molecule has 17 heavy (non-hydrogen) atoms. The highest BCUT2D eigenvalue weighted by Crippen LogP contribution is 2.06. The summed E-state index contributed by atoms with van der Waals surface area (Å²) in [5.74, 6) is 5.30. The fraction of sp³-hybridized carbons (Fsp3) is 0.182. The molecule has 0 bridgehead atoms. The summed E-state index contributed by atoms with van der Waals surface area (Å²) in [7, 11) is 0. The highest BCUT2D eigenvalue weighted by atomic mass is 16.1. The molecule has 88 valence electrons. The van der Waals surface area contributed by atoms with Gasteiger partial charge in [0.1, 0.15) is 0 Å². The van der Waals surface area contributed by atoms with Gasteiger partial charge in [0.05, 0.1) is 24.3 Å². The van der Waals surface area contributed by atoms with E-state index in [2.05, 4.69) is 15.4 Å². The number of hydrogen-bond donors (Lipinski definition) is 2. The number of hydrogen-bond acceptors (Lipinski definition) is 5. The van der Waals surface area contributed by atoms with Gasteiger partial charge in [0.15, 0.2) is 0 Å². The van der Waals surface area contributed by atoms with Gasteiger partial charge in [-0.05, 0) is 19.1 Å². The molecular formula is C11H13N5O. The van der Waals surface area contributed by atoms with Crippen LogP contribution in [0, 0.1) is 6.92 Å². The Morgan fingerprint density at radius 1 is 1.41 bits per heavy atom. The van der Waals surface area contributed by atoms with Crippen LogP contribution in [-0.4, -0.2) is 14.5 Å². The van der Waals surface area contributed by atoms with E-state index < -0.39 is 0 Å². The van der Waals surface area contributed by atoms with Crippen molar-refractivity contribution in [3.63, 3.8) is 0 Å². The van der Waals surface area contributed by atoms with Crippen LogP contribution >= 0.6 is 0 Å². The van der Waals surface area contributed by atoms with Crippen molar-refractivity contribution in [3.05, 3.63) is 52.5 Å². The maximum Gasteiger partial charge on any atom is 0.253 e. The van der Waals surface area contributed by atoms with Crippen LogP contribution in [0.1, 0.15) is 11.4 Å². The molecule has 6 nitrogen and oxygen atoms in total. The molecule has 0 saturated heterocycles. The number of aromatic nitrogens is 3. The van der Waals surface area contributed by atoms with Crippen molar-refractivity contribution in [2.75, 3.05) is 5.43 Å². The first-order valence-corrected chi connectivity index (χ1v) is 5.13. The predicted molar refractivity (Wildman–Crippen MR) is 64.4 cm³/mol. The molecule has 2 heterocycles. The number of hydrazine groups is 1. The average Bonchev–Trinajstić information content (AvgIpc) is 2.33. The lowest BCUT2D eigenvalue weighted by atomic mass is 10.3. The minimum absolute atomic E-state index is 0.0922. The molecule has 2 aromatic heterocycles. The third kappa shape index (κ3) is 2.67. The van der Waals surface area contributed by atoms with Gasteiger partial charge in [-0.25, -0.2) is 4.98 Å². The molecule has 0 fully saturated rings. The van der Waals surface area contributed by atoms with Crippen LogP contribution in [0.4, 0.5) is 5.69 Å². The van der Waals surface area contributed by atoms with E-state index in [-0.39, 0.29) is 5.56 Å². The lowest BCUT2D eigenvalue weighted by molar-refractivity contribution is 0.714. The van der Waals surface area contributed by atoms with Crippen LogP contribution in [-0.2, 0) is 6.54 Å². The molecule has 6 heteroatoms. The summed E-state index contributed by atoms with van der Waals surface area (Å²) in [6.45, 7) is 2.16. The van der Waals surface area contributed by atoms with E-state index in [4.69, 9.17) is 5.84 Å². The van der Waals surface area contributed by atoms with Gasteiger partial charge in [-0.3, -0.25) is 20.2 Å². The van der Waals surface area contributed by atoms with Crippen molar-refractivity contribution >= 4 is 5.69 Å².